The largest absolute Gasteiger partial charge is 0.269 e. The number of hydrogen-bond acceptors (Lipinski definition) is 3. The van der Waals surface area contributed by atoms with Gasteiger partial charge in [0, 0.05) is 17.5 Å². The van der Waals surface area contributed by atoms with Gasteiger partial charge in [-0.25, -0.2) is 0 Å². The Kier molecular flexibility index (Phi) is 2.95. The fourth-order valence-electron chi connectivity index (χ4n) is 2.16. The molecule has 3 rings (SSSR count). The van der Waals surface area contributed by atoms with E-state index in [1.807, 2.05) is 34.9 Å². The highest BCUT2D eigenvalue weighted by atomic mass is 35.5. The molecule has 0 radical (unpaired) electrons. The van der Waals surface area contributed by atoms with Gasteiger partial charge < -0.3 is 0 Å². The number of hydrogen-bond donors (Lipinski definition) is 0. The van der Waals surface area contributed by atoms with Gasteiger partial charge in [-0.1, -0.05) is 19.9 Å². The average Bonchev–Trinajstić information content (AvgIpc) is 2.80. The van der Waals surface area contributed by atoms with Crippen LogP contribution in [0.15, 0.2) is 36.5 Å². The zero-order valence-electron chi connectivity index (χ0n) is 10.7. The summed E-state index contributed by atoms with van der Waals surface area (Å²) in [5.41, 5.74) is 1.89. The van der Waals surface area contributed by atoms with Gasteiger partial charge in [0.05, 0.1) is 11.2 Å². The van der Waals surface area contributed by atoms with Gasteiger partial charge in [-0.05, 0) is 35.9 Å². The van der Waals surface area contributed by atoms with E-state index in [1.165, 1.54) is 0 Å². The average molecular weight is 273 g/mol. The highest BCUT2D eigenvalue weighted by Gasteiger charge is 2.16. The summed E-state index contributed by atoms with van der Waals surface area (Å²) in [5.74, 6) is 1.09. The van der Waals surface area contributed by atoms with Crippen LogP contribution in [0.4, 0.5) is 0 Å². The van der Waals surface area contributed by atoms with Gasteiger partial charge in [-0.2, -0.15) is 0 Å². The van der Waals surface area contributed by atoms with E-state index in [9.17, 15) is 0 Å². The summed E-state index contributed by atoms with van der Waals surface area (Å²) >= 11 is 6.19. The number of aromatic nitrogens is 4. The molecule has 0 saturated carbocycles. The van der Waals surface area contributed by atoms with Crippen LogP contribution in [0.2, 0.25) is 5.28 Å². The van der Waals surface area contributed by atoms with Gasteiger partial charge in [0.1, 0.15) is 5.82 Å². The number of fused-ring (bicyclic) bond motifs is 1. The van der Waals surface area contributed by atoms with Crippen LogP contribution < -0.4 is 0 Å². The van der Waals surface area contributed by atoms with Gasteiger partial charge in [0.15, 0.2) is 0 Å². The zero-order chi connectivity index (χ0) is 13.4. The van der Waals surface area contributed by atoms with E-state index in [0.717, 1.165) is 22.4 Å². The number of benzene rings is 1. The molecule has 1 aromatic carbocycles. The van der Waals surface area contributed by atoms with Crippen LogP contribution >= 0.6 is 11.6 Å². The molecular formula is C14H13ClN4. The third-order valence-corrected chi connectivity index (χ3v) is 3.27. The third-order valence-electron chi connectivity index (χ3n) is 3.03. The van der Waals surface area contributed by atoms with Crippen LogP contribution in [-0.4, -0.2) is 19.7 Å². The van der Waals surface area contributed by atoms with E-state index in [-0.39, 0.29) is 5.92 Å². The molecule has 0 atom stereocenters. The number of nitrogens with zero attached hydrogens (tertiary/aromatic N) is 4. The van der Waals surface area contributed by atoms with Crippen molar-refractivity contribution in [2.75, 3.05) is 0 Å². The Balaban J connectivity index is 2.34. The smallest absolute Gasteiger partial charge is 0.229 e. The fraction of sp³-hybridized carbons (Fsp3) is 0.214. The number of halogens is 1. The molecular weight excluding hydrogens is 260 g/mol. The Bertz CT molecular complexity index is 728. The fourth-order valence-corrected chi connectivity index (χ4v) is 2.37. The van der Waals surface area contributed by atoms with Crippen LogP contribution in [0, 0.1) is 0 Å². The maximum Gasteiger partial charge on any atom is 0.229 e. The maximum absolute atomic E-state index is 6.19. The van der Waals surface area contributed by atoms with Gasteiger partial charge >= 0.3 is 0 Å². The summed E-state index contributed by atoms with van der Waals surface area (Å²) in [7, 11) is 0. The third kappa shape index (κ3) is 1.98. The van der Waals surface area contributed by atoms with E-state index in [4.69, 9.17) is 11.6 Å². The molecule has 5 heteroatoms. The Morgan fingerprint density at radius 2 is 1.95 bits per heavy atom. The molecule has 3 aromatic rings. The molecule has 0 aliphatic rings. The Morgan fingerprint density at radius 3 is 2.74 bits per heavy atom. The minimum atomic E-state index is 0.243. The molecule has 0 amide bonds. The lowest BCUT2D eigenvalue weighted by atomic mass is 10.1. The molecule has 0 bridgehead atoms. The molecule has 0 aliphatic heterocycles. The van der Waals surface area contributed by atoms with Crippen molar-refractivity contribution in [3.05, 3.63) is 47.6 Å². The Hall–Kier alpha value is -1.94. The van der Waals surface area contributed by atoms with Crippen molar-refractivity contribution < 1.29 is 0 Å². The molecule has 0 aliphatic carbocycles. The van der Waals surface area contributed by atoms with Crippen LogP contribution in [0.1, 0.15) is 25.6 Å². The van der Waals surface area contributed by atoms with Crippen molar-refractivity contribution in [2.24, 2.45) is 0 Å². The van der Waals surface area contributed by atoms with Crippen LogP contribution in [0.25, 0.3) is 16.6 Å². The Labute approximate surface area is 116 Å². The second-order valence-electron chi connectivity index (χ2n) is 4.66. The maximum atomic E-state index is 6.19. The van der Waals surface area contributed by atoms with Crippen LogP contribution in [0.3, 0.4) is 0 Å². The highest BCUT2D eigenvalue weighted by Crippen LogP contribution is 2.27. The van der Waals surface area contributed by atoms with Gasteiger partial charge in [-0.15, -0.1) is 10.2 Å². The van der Waals surface area contributed by atoms with E-state index in [0.29, 0.717) is 5.28 Å². The standard InChI is InChI=1S/C14H13ClN4/c1-9(2)13-17-18-14(15)19(13)12-7-3-6-11-10(12)5-4-8-16-11/h3-9H,1-2H3. The molecule has 0 unspecified atom stereocenters. The van der Waals surface area contributed by atoms with Crippen molar-refractivity contribution in [1.82, 2.24) is 19.7 Å². The lowest BCUT2D eigenvalue weighted by molar-refractivity contribution is 0.747. The Morgan fingerprint density at radius 1 is 1.11 bits per heavy atom. The molecule has 96 valence electrons. The van der Waals surface area contributed by atoms with Crippen LogP contribution in [-0.2, 0) is 0 Å². The molecule has 4 nitrogen and oxygen atoms in total. The minimum Gasteiger partial charge on any atom is -0.269 e. The lowest BCUT2D eigenvalue weighted by Crippen LogP contribution is -2.04. The van der Waals surface area contributed by atoms with Crippen molar-refractivity contribution in [2.45, 2.75) is 19.8 Å². The normalized spacial score (nSPS) is 11.4. The van der Waals surface area contributed by atoms with Gasteiger partial charge in [-0.3, -0.25) is 9.55 Å². The topological polar surface area (TPSA) is 43.6 Å². The second-order valence-corrected chi connectivity index (χ2v) is 5.00. The zero-order valence-corrected chi connectivity index (χ0v) is 11.5. The first-order valence-electron chi connectivity index (χ1n) is 6.13. The molecule has 0 spiro atoms. The first-order chi connectivity index (χ1) is 9.18. The quantitative estimate of drug-likeness (QED) is 0.716. The highest BCUT2D eigenvalue weighted by molar-refractivity contribution is 6.28. The second kappa shape index (κ2) is 4.63. The molecule has 0 saturated heterocycles. The van der Waals surface area contributed by atoms with Crippen molar-refractivity contribution in [3.8, 4) is 5.69 Å². The molecule has 2 heterocycles. The van der Waals surface area contributed by atoms with E-state index < -0.39 is 0 Å². The molecule has 0 N–H and O–H groups in total. The molecule has 2 aromatic heterocycles. The van der Waals surface area contributed by atoms with Gasteiger partial charge in [0.25, 0.3) is 0 Å². The minimum absolute atomic E-state index is 0.243. The van der Waals surface area contributed by atoms with Gasteiger partial charge in [0.2, 0.25) is 5.28 Å². The molecule has 0 fully saturated rings. The predicted octanol–water partition coefficient (Wildman–Crippen LogP) is 3.59. The summed E-state index contributed by atoms with van der Waals surface area (Å²) < 4.78 is 1.89. The van der Waals surface area contributed by atoms with Crippen molar-refractivity contribution >= 4 is 22.5 Å². The van der Waals surface area contributed by atoms with E-state index in [1.54, 1.807) is 6.20 Å². The van der Waals surface area contributed by atoms with Crippen molar-refractivity contribution in [3.63, 3.8) is 0 Å². The summed E-state index contributed by atoms with van der Waals surface area (Å²) in [6.45, 7) is 4.14. The number of pyridine rings is 1. The number of rotatable bonds is 2. The summed E-state index contributed by atoms with van der Waals surface area (Å²) in [4.78, 5) is 4.36. The van der Waals surface area contributed by atoms with Crippen LogP contribution in [0.5, 0.6) is 0 Å². The molecule has 19 heavy (non-hydrogen) atoms. The summed E-state index contributed by atoms with van der Waals surface area (Å²) in [5, 5.41) is 9.55. The first kappa shape index (κ1) is 12.1. The SMILES string of the molecule is CC(C)c1nnc(Cl)n1-c1cccc2ncccc12. The first-order valence-corrected chi connectivity index (χ1v) is 6.51. The van der Waals surface area contributed by atoms with Crippen molar-refractivity contribution in [1.29, 1.82) is 0 Å². The van der Waals surface area contributed by atoms with E-state index in [2.05, 4.69) is 29.0 Å². The lowest BCUT2D eigenvalue weighted by Gasteiger charge is -2.12. The summed E-state index contributed by atoms with van der Waals surface area (Å²) in [6.07, 6.45) is 1.78. The van der Waals surface area contributed by atoms with E-state index >= 15 is 0 Å². The monoisotopic (exact) mass is 272 g/mol. The summed E-state index contributed by atoms with van der Waals surface area (Å²) in [6, 6.07) is 9.89. The predicted molar refractivity (Wildman–Crippen MR) is 75.8 cm³/mol.